The molecule has 1 aliphatic rings. The smallest absolute Gasteiger partial charge is 0.326 e. The molecular formula is C19H27NO6S. The highest BCUT2D eigenvalue weighted by molar-refractivity contribution is 7.93. The number of rotatable bonds is 8. The van der Waals surface area contributed by atoms with Gasteiger partial charge in [-0.1, -0.05) is 25.0 Å². The number of sulfone groups is 1. The largest absolute Gasteiger partial charge is 0.480 e. The van der Waals surface area contributed by atoms with Gasteiger partial charge in [0.1, 0.15) is 6.04 Å². The van der Waals surface area contributed by atoms with Gasteiger partial charge in [0.05, 0.1) is 4.90 Å². The van der Waals surface area contributed by atoms with Crippen LogP contribution < -0.4 is 5.32 Å². The third kappa shape index (κ3) is 4.16. The molecule has 0 bridgehead atoms. The van der Waals surface area contributed by atoms with E-state index >= 15 is 0 Å². The van der Waals surface area contributed by atoms with Gasteiger partial charge >= 0.3 is 5.97 Å². The fourth-order valence-corrected chi connectivity index (χ4v) is 5.94. The summed E-state index contributed by atoms with van der Waals surface area (Å²) in [5, 5.41) is 11.8. The lowest BCUT2D eigenvalue weighted by Crippen LogP contribution is -2.55. The summed E-state index contributed by atoms with van der Waals surface area (Å²) in [5.41, 5.74) is 1.37. The molecule has 1 fully saturated rings. The summed E-state index contributed by atoms with van der Waals surface area (Å²) in [6, 6.07) is 3.93. The van der Waals surface area contributed by atoms with E-state index in [9.17, 15) is 23.1 Å². The zero-order valence-electron chi connectivity index (χ0n) is 15.9. The highest BCUT2D eigenvalue weighted by atomic mass is 32.2. The first-order valence-electron chi connectivity index (χ1n) is 9.00. The Hall–Kier alpha value is -1.93. The molecule has 8 heteroatoms. The molecule has 0 saturated heterocycles. The molecule has 1 atom stereocenters. The Bertz CT molecular complexity index is 811. The average Bonchev–Trinajstić information content (AvgIpc) is 3.12. The molecule has 1 saturated carbocycles. The number of hydrogen-bond donors (Lipinski definition) is 2. The number of aliphatic carboxylic acids is 1. The molecule has 1 unspecified atom stereocenters. The number of aryl methyl sites for hydroxylation is 2. The van der Waals surface area contributed by atoms with Gasteiger partial charge in [-0.25, -0.2) is 13.2 Å². The van der Waals surface area contributed by atoms with Crippen LogP contribution in [-0.2, 0) is 24.2 Å². The minimum atomic E-state index is -3.98. The molecule has 0 radical (unpaired) electrons. The number of amides is 1. The van der Waals surface area contributed by atoms with Gasteiger partial charge < -0.3 is 15.2 Å². The summed E-state index contributed by atoms with van der Waals surface area (Å²) in [4.78, 5) is 24.7. The van der Waals surface area contributed by atoms with Gasteiger partial charge in [0.25, 0.3) is 0 Å². The van der Waals surface area contributed by atoms with Crippen molar-refractivity contribution in [2.45, 2.75) is 61.6 Å². The van der Waals surface area contributed by atoms with Crippen molar-refractivity contribution in [3.63, 3.8) is 0 Å². The zero-order chi connectivity index (χ0) is 20.2. The van der Waals surface area contributed by atoms with Crippen molar-refractivity contribution >= 4 is 21.7 Å². The lowest BCUT2D eigenvalue weighted by molar-refractivity contribution is -0.142. The van der Waals surface area contributed by atoms with Crippen LogP contribution in [0.2, 0.25) is 0 Å². The fraction of sp³-hybridized carbons (Fsp3) is 0.579. The van der Waals surface area contributed by atoms with E-state index in [1.165, 1.54) is 7.11 Å². The first kappa shape index (κ1) is 21.4. The highest BCUT2D eigenvalue weighted by Crippen LogP contribution is 2.42. The van der Waals surface area contributed by atoms with Gasteiger partial charge in [-0.05, 0) is 43.9 Å². The van der Waals surface area contributed by atoms with Crippen LogP contribution >= 0.6 is 0 Å². The molecule has 1 amide bonds. The highest BCUT2D eigenvalue weighted by Gasteiger charge is 2.53. The maximum atomic E-state index is 13.5. The predicted molar refractivity (Wildman–Crippen MR) is 100 cm³/mol. The van der Waals surface area contributed by atoms with E-state index in [-0.39, 0.29) is 30.8 Å². The molecule has 7 nitrogen and oxygen atoms in total. The molecule has 2 rings (SSSR count). The molecule has 27 heavy (non-hydrogen) atoms. The van der Waals surface area contributed by atoms with Crippen molar-refractivity contribution in [3.8, 4) is 0 Å². The average molecular weight is 397 g/mol. The number of nitrogens with one attached hydrogen (secondary N) is 1. The summed E-state index contributed by atoms with van der Waals surface area (Å²) >= 11 is 0. The maximum absolute atomic E-state index is 13.5. The molecule has 0 spiro atoms. The van der Waals surface area contributed by atoms with Crippen LogP contribution in [0.5, 0.6) is 0 Å². The van der Waals surface area contributed by atoms with E-state index in [2.05, 4.69) is 5.32 Å². The minimum absolute atomic E-state index is 0.0666. The molecule has 1 aliphatic carbocycles. The first-order valence-corrected chi connectivity index (χ1v) is 10.5. The molecular weight excluding hydrogens is 370 g/mol. The van der Waals surface area contributed by atoms with Crippen LogP contribution in [0.25, 0.3) is 0 Å². The van der Waals surface area contributed by atoms with Crippen molar-refractivity contribution in [3.05, 3.63) is 29.3 Å². The zero-order valence-corrected chi connectivity index (χ0v) is 16.8. The Kier molecular flexibility index (Phi) is 6.64. The van der Waals surface area contributed by atoms with Crippen molar-refractivity contribution < 1.29 is 27.9 Å². The summed E-state index contributed by atoms with van der Waals surface area (Å²) < 4.78 is 30.3. The van der Waals surface area contributed by atoms with E-state index in [1.807, 2.05) is 6.07 Å². The number of carbonyl (C=O) groups is 2. The number of carbonyl (C=O) groups excluding carboxylic acids is 1. The third-order valence-electron chi connectivity index (χ3n) is 5.19. The summed E-state index contributed by atoms with van der Waals surface area (Å²) in [5.74, 6) is -1.94. The molecule has 1 aromatic carbocycles. The fourth-order valence-electron chi connectivity index (χ4n) is 3.55. The second-order valence-corrected chi connectivity index (χ2v) is 9.35. The minimum Gasteiger partial charge on any atom is -0.480 e. The lowest BCUT2D eigenvalue weighted by atomic mass is 10.1. The van der Waals surface area contributed by atoms with E-state index in [4.69, 9.17) is 4.74 Å². The van der Waals surface area contributed by atoms with Crippen LogP contribution in [0.3, 0.4) is 0 Å². The number of carboxylic acid groups (broad SMARTS) is 1. The van der Waals surface area contributed by atoms with Crippen molar-refractivity contribution in [1.29, 1.82) is 0 Å². The topological polar surface area (TPSA) is 110 Å². The second-order valence-electron chi connectivity index (χ2n) is 7.12. The van der Waals surface area contributed by atoms with E-state index in [0.29, 0.717) is 18.4 Å². The van der Waals surface area contributed by atoms with Crippen molar-refractivity contribution in [2.24, 2.45) is 0 Å². The second kappa shape index (κ2) is 8.39. The standard InChI is InChI=1S/C19H27NO6S/c1-13-6-7-14(2)16(12-13)27(24,25)19(9-4-5-10-19)18(23)20-15(17(21)22)8-11-26-3/h6-7,12,15H,4-5,8-11H2,1-3H3,(H,20,23)(H,21,22). The molecule has 150 valence electrons. The van der Waals surface area contributed by atoms with E-state index in [0.717, 1.165) is 5.56 Å². The Balaban J connectivity index is 2.43. The van der Waals surface area contributed by atoms with Gasteiger partial charge in [0, 0.05) is 20.1 Å². The predicted octanol–water partition coefficient (Wildman–Crippen LogP) is 2.00. The number of methoxy groups -OCH3 is 1. The Labute approximate surface area is 160 Å². The quantitative estimate of drug-likeness (QED) is 0.694. The SMILES string of the molecule is COCCC(NC(=O)C1(S(=O)(=O)c2cc(C)ccc2C)CCCC1)C(=O)O. The van der Waals surface area contributed by atoms with E-state index < -0.39 is 32.5 Å². The monoisotopic (exact) mass is 397 g/mol. The maximum Gasteiger partial charge on any atom is 0.326 e. The Morgan fingerprint density at radius 1 is 1.26 bits per heavy atom. The normalized spacial score (nSPS) is 17.4. The van der Waals surface area contributed by atoms with Gasteiger partial charge in [-0.2, -0.15) is 0 Å². The number of hydrogen-bond acceptors (Lipinski definition) is 5. The third-order valence-corrected chi connectivity index (χ3v) is 7.83. The van der Waals surface area contributed by atoms with Crippen LogP contribution in [0.15, 0.2) is 23.1 Å². The lowest BCUT2D eigenvalue weighted by Gasteiger charge is -2.30. The molecule has 0 heterocycles. The summed E-state index contributed by atoms with van der Waals surface area (Å²) in [6.45, 7) is 3.64. The Morgan fingerprint density at radius 2 is 1.89 bits per heavy atom. The first-order chi connectivity index (χ1) is 12.7. The van der Waals surface area contributed by atoms with Gasteiger partial charge in [0.2, 0.25) is 5.91 Å². The number of carboxylic acids is 1. The van der Waals surface area contributed by atoms with Crippen molar-refractivity contribution in [2.75, 3.05) is 13.7 Å². The van der Waals surface area contributed by atoms with Crippen LogP contribution in [0.1, 0.15) is 43.2 Å². The van der Waals surface area contributed by atoms with Crippen molar-refractivity contribution in [1.82, 2.24) is 5.32 Å². The van der Waals surface area contributed by atoms with Gasteiger partial charge in [0.15, 0.2) is 14.6 Å². The summed E-state index contributed by atoms with van der Waals surface area (Å²) in [6.07, 6.45) is 1.65. The molecule has 2 N–H and O–H groups in total. The van der Waals surface area contributed by atoms with Gasteiger partial charge in [-0.3, -0.25) is 4.79 Å². The van der Waals surface area contributed by atoms with Gasteiger partial charge in [-0.15, -0.1) is 0 Å². The van der Waals surface area contributed by atoms with Crippen LogP contribution in [0.4, 0.5) is 0 Å². The van der Waals surface area contributed by atoms with E-state index in [1.54, 1.807) is 26.0 Å². The molecule has 1 aromatic rings. The Morgan fingerprint density at radius 3 is 2.44 bits per heavy atom. The molecule has 0 aliphatic heterocycles. The molecule has 0 aromatic heterocycles. The number of ether oxygens (including phenoxy) is 1. The van der Waals surface area contributed by atoms with Crippen LogP contribution in [-0.4, -0.2) is 49.9 Å². The number of benzene rings is 1. The summed E-state index contributed by atoms with van der Waals surface area (Å²) in [7, 11) is -2.55. The van der Waals surface area contributed by atoms with Crippen LogP contribution in [0, 0.1) is 13.8 Å².